The third kappa shape index (κ3) is 4.14. The third-order valence-electron chi connectivity index (χ3n) is 3.17. The number of carbonyl (C=O) groups is 1. The minimum absolute atomic E-state index is 0.0692. The first-order valence-electron chi connectivity index (χ1n) is 6.99. The highest BCUT2D eigenvalue weighted by atomic mass is 35.5. The molecule has 0 saturated heterocycles. The van der Waals surface area contributed by atoms with Crippen LogP contribution in [-0.2, 0) is 9.53 Å². The quantitative estimate of drug-likeness (QED) is 0.263. The number of aromatic nitrogens is 1. The molecule has 0 unspecified atom stereocenters. The lowest BCUT2D eigenvalue weighted by molar-refractivity contribution is -0.137. The normalized spacial score (nSPS) is 11.6. The Bertz CT molecular complexity index is 807. The van der Waals surface area contributed by atoms with Gasteiger partial charge in [-0.15, -0.1) is 12.6 Å². The molecule has 0 atom stereocenters. The van der Waals surface area contributed by atoms with E-state index in [1.54, 1.807) is 37.5 Å². The van der Waals surface area contributed by atoms with Crippen molar-refractivity contribution in [3.8, 4) is 11.1 Å². The topological polar surface area (TPSA) is 59.4 Å². The minimum atomic E-state index is -0.746. The second-order valence-corrected chi connectivity index (χ2v) is 6.24. The van der Waals surface area contributed by atoms with Gasteiger partial charge < -0.3 is 9.84 Å². The summed E-state index contributed by atoms with van der Waals surface area (Å²) in [4.78, 5) is 15.9. The highest BCUT2D eigenvalue weighted by Crippen LogP contribution is 2.30. The van der Waals surface area contributed by atoms with Crippen molar-refractivity contribution in [3.05, 3.63) is 58.9 Å². The van der Waals surface area contributed by atoms with Crippen molar-refractivity contribution in [2.45, 2.75) is 6.92 Å². The molecule has 0 saturated carbocycles. The van der Waals surface area contributed by atoms with Crippen LogP contribution in [0.2, 0.25) is 5.02 Å². The number of ether oxygens (including phenoxy) is 1. The van der Waals surface area contributed by atoms with Crippen molar-refractivity contribution in [2.24, 2.45) is 0 Å². The standard InChI is InChI=1S/C17H14ClNO3S2/c1-2-22-16(21)14(17(23)24)15(20)12-4-3-11(9-13(12)18)10-5-7-19-8-6-10/h3-9,20H,2H2,1H3,(H,23,24)/b15-14-. The van der Waals surface area contributed by atoms with Gasteiger partial charge in [0.2, 0.25) is 0 Å². The van der Waals surface area contributed by atoms with Crippen molar-refractivity contribution in [2.75, 3.05) is 6.61 Å². The van der Waals surface area contributed by atoms with E-state index in [1.807, 2.05) is 12.1 Å². The number of rotatable bonds is 5. The first-order valence-corrected chi connectivity index (χ1v) is 8.23. The molecular formula is C17H14ClNO3S2. The summed E-state index contributed by atoms with van der Waals surface area (Å²) in [6.45, 7) is 1.81. The van der Waals surface area contributed by atoms with Crippen molar-refractivity contribution in [1.29, 1.82) is 0 Å². The fourth-order valence-electron chi connectivity index (χ4n) is 2.05. The zero-order chi connectivity index (χ0) is 17.7. The van der Waals surface area contributed by atoms with Gasteiger partial charge in [-0.2, -0.15) is 0 Å². The van der Waals surface area contributed by atoms with Gasteiger partial charge in [0.25, 0.3) is 0 Å². The predicted molar refractivity (Wildman–Crippen MR) is 102 cm³/mol. The average Bonchev–Trinajstić information content (AvgIpc) is 2.55. The van der Waals surface area contributed by atoms with Crippen LogP contribution in [0.15, 0.2) is 48.3 Å². The molecular weight excluding hydrogens is 366 g/mol. The van der Waals surface area contributed by atoms with Crippen LogP contribution in [0.5, 0.6) is 0 Å². The summed E-state index contributed by atoms with van der Waals surface area (Å²) < 4.78 is 4.83. The number of carbonyl (C=O) groups excluding carboxylic acids is 1. The van der Waals surface area contributed by atoms with Crippen LogP contribution in [0.25, 0.3) is 16.9 Å². The van der Waals surface area contributed by atoms with Gasteiger partial charge in [0.15, 0.2) is 0 Å². The van der Waals surface area contributed by atoms with Crippen LogP contribution in [0, 0.1) is 0 Å². The Morgan fingerprint density at radius 3 is 2.50 bits per heavy atom. The maximum Gasteiger partial charge on any atom is 0.343 e. The van der Waals surface area contributed by atoms with Crippen molar-refractivity contribution in [1.82, 2.24) is 4.98 Å². The molecule has 1 heterocycles. The number of hydrogen-bond acceptors (Lipinski definition) is 5. The van der Waals surface area contributed by atoms with E-state index >= 15 is 0 Å². The van der Waals surface area contributed by atoms with E-state index < -0.39 is 5.97 Å². The second-order valence-electron chi connectivity index (χ2n) is 4.68. The summed E-state index contributed by atoms with van der Waals surface area (Å²) in [5.74, 6) is -1.11. The van der Waals surface area contributed by atoms with Gasteiger partial charge in [-0.25, -0.2) is 4.79 Å². The number of halogens is 1. The Morgan fingerprint density at radius 1 is 1.29 bits per heavy atom. The lowest BCUT2D eigenvalue weighted by Gasteiger charge is -2.11. The Labute approximate surface area is 155 Å². The zero-order valence-corrected chi connectivity index (χ0v) is 15.2. The van der Waals surface area contributed by atoms with Crippen LogP contribution in [0.3, 0.4) is 0 Å². The average molecular weight is 380 g/mol. The lowest BCUT2D eigenvalue weighted by atomic mass is 10.0. The Kier molecular flexibility index (Phi) is 6.36. The molecule has 2 rings (SSSR count). The molecule has 0 fully saturated rings. The monoisotopic (exact) mass is 379 g/mol. The highest BCUT2D eigenvalue weighted by molar-refractivity contribution is 8.12. The number of hydrogen-bond donors (Lipinski definition) is 2. The molecule has 124 valence electrons. The van der Waals surface area contributed by atoms with Gasteiger partial charge in [0.05, 0.1) is 15.8 Å². The maximum atomic E-state index is 12.0. The van der Waals surface area contributed by atoms with E-state index in [2.05, 4.69) is 17.6 Å². The lowest BCUT2D eigenvalue weighted by Crippen LogP contribution is -2.14. The summed E-state index contributed by atoms with van der Waals surface area (Å²) in [7, 11) is 0. The summed E-state index contributed by atoms with van der Waals surface area (Å²) in [6.07, 6.45) is 3.35. The molecule has 24 heavy (non-hydrogen) atoms. The number of esters is 1. The minimum Gasteiger partial charge on any atom is -0.506 e. The molecule has 1 N–H and O–H groups in total. The molecule has 7 heteroatoms. The fourth-order valence-corrected chi connectivity index (χ4v) is 2.70. The maximum absolute atomic E-state index is 12.0. The number of thiocarbonyl (C=S) groups is 1. The van der Waals surface area contributed by atoms with Gasteiger partial charge in [-0.1, -0.05) is 29.9 Å². The number of benzene rings is 1. The molecule has 1 aromatic carbocycles. The summed E-state index contributed by atoms with van der Waals surface area (Å²) in [5, 5.41) is 10.7. The van der Waals surface area contributed by atoms with E-state index in [-0.39, 0.29) is 32.7 Å². The SMILES string of the molecule is CCOC(=O)/C(C(=S)S)=C(/O)c1ccc(-c2ccncc2)cc1Cl. The van der Waals surface area contributed by atoms with Crippen LogP contribution >= 0.6 is 36.4 Å². The Hall–Kier alpha value is -1.89. The molecule has 1 aromatic heterocycles. The molecule has 4 nitrogen and oxygen atoms in total. The number of pyridine rings is 1. The van der Waals surface area contributed by atoms with Gasteiger partial charge in [-0.3, -0.25) is 4.98 Å². The van der Waals surface area contributed by atoms with E-state index in [9.17, 15) is 9.90 Å². The summed E-state index contributed by atoms with van der Waals surface area (Å²) >= 11 is 15.2. The molecule has 0 amide bonds. The first-order chi connectivity index (χ1) is 11.5. The van der Waals surface area contributed by atoms with Crippen molar-refractivity contribution in [3.63, 3.8) is 0 Å². The Balaban J connectivity index is 2.49. The van der Waals surface area contributed by atoms with E-state index in [4.69, 9.17) is 28.6 Å². The molecule has 0 radical (unpaired) electrons. The molecule has 0 aliphatic rings. The number of thiol groups is 1. The molecule has 0 aliphatic heterocycles. The molecule has 0 bridgehead atoms. The molecule has 0 spiro atoms. The van der Waals surface area contributed by atoms with Crippen LogP contribution in [0.1, 0.15) is 12.5 Å². The van der Waals surface area contributed by atoms with Gasteiger partial charge in [0.1, 0.15) is 11.3 Å². The van der Waals surface area contributed by atoms with Gasteiger partial charge in [0, 0.05) is 18.0 Å². The van der Waals surface area contributed by atoms with Crippen LogP contribution in [0.4, 0.5) is 0 Å². The van der Waals surface area contributed by atoms with E-state index in [0.29, 0.717) is 0 Å². The zero-order valence-electron chi connectivity index (χ0n) is 12.7. The molecule has 2 aromatic rings. The third-order valence-corrected chi connectivity index (χ3v) is 3.91. The number of aliphatic hydroxyl groups is 1. The number of aliphatic hydroxyl groups excluding tert-OH is 1. The van der Waals surface area contributed by atoms with Gasteiger partial charge in [-0.05, 0) is 42.3 Å². The highest BCUT2D eigenvalue weighted by Gasteiger charge is 2.22. The number of nitrogens with zero attached hydrogens (tertiary/aromatic N) is 1. The first kappa shape index (κ1) is 18.4. The van der Waals surface area contributed by atoms with E-state index in [0.717, 1.165) is 11.1 Å². The fraction of sp³-hybridized carbons (Fsp3) is 0.118. The van der Waals surface area contributed by atoms with Crippen LogP contribution in [-0.4, -0.2) is 26.9 Å². The summed E-state index contributed by atoms with van der Waals surface area (Å²) in [5.41, 5.74) is 1.87. The van der Waals surface area contributed by atoms with E-state index in [1.165, 1.54) is 0 Å². The largest absolute Gasteiger partial charge is 0.506 e. The Morgan fingerprint density at radius 2 is 1.96 bits per heavy atom. The van der Waals surface area contributed by atoms with Crippen LogP contribution < -0.4 is 0 Å². The predicted octanol–water partition coefficient (Wildman–Crippen LogP) is 4.49. The van der Waals surface area contributed by atoms with Crippen molar-refractivity contribution < 1.29 is 14.6 Å². The van der Waals surface area contributed by atoms with Gasteiger partial charge >= 0.3 is 5.97 Å². The summed E-state index contributed by atoms with van der Waals surface area (Å²) in [6, 6.07) is 8.75. The second kappa shape index (κ2) is 8.28. The smallest absolute Gasteiger partial charge is 0.343 e. The van der Waals surface area contributed by atoms with Crippen molar-refractivity contribution >= 4 is 52.4 Å². The molecule has 0 aliphatic carbocycles.